The summed E-state index contributed by atoms with van der Waals surface area (Å²) in [5, 5.41) is 12.0. The Hall–Kier alpha value is -2.79. The van der Waals surface area contributed by atoms with Gasteiger partial charge in [-0.2, -0.15) is 0 Å². The van der Waals surface area contributed by atoms with Crippen molar-refractivity contribution in [2.24, 2.45) is 0 Å². The molecule has 0 amide bonds. The van der Waals surface area contributed by atoms with E-state index in [-0.39, 0.29) is 31.6 Å². The highest BCUT2D eigenvalue weighted by Crippen LogP contribution is 2.39. The third-order valence-corrected chi connectivity index (χ3v) is 5.79. The van der Waals surface area contributed by atoms with Crippen molar-refractivity contribution in [3.05, 3.63) is 63.4 Å². The van der Waals surface area contributed by atoms with Crippen LogP contribution in [0.15, 0.2) is 41.2 Å². The van der Waals surface area contributed by atoms with Crippen LogP contribution in [0, 0.1) is 0 Å². The molecule has 2 aliphatic rings. The summed E-state index contributed by atoms with van der Waals surface area (Å²) in [7, 11) is 0. The van der Waals surface area contributed by atoms with E-state index in [1.807, 2.05) is 30.3 Å². The van der Waals surface area contributed by atoms with Gasteiger partial charge in [0, 0.05) is 28.5 Å². The second-order valence-corrected chi connectivity index (χ2v) is 7.14. The normalized spacial score (nSPS) is 20.0. The number of aromatic nitrogens is 2. The Morgan fingerprint density at radius 1 is 1.19 bits per heavy atom. The van der Waals surface area contributed by atoms with E-state index in [1.54, 1.807) is 11.5 Å². The van der Waals surface area contributed by atoms with Crippen molar-refractivity contribution in [2.45, 2.75) is 45.8 Å². The van der Waals surface area contributed by atoms with Gasteiger partial charge in [-0.25, -0.2) is 4.98 Å². The number of benzene rings is 1. The molecule has 5 rings (SSSR count). The summed E-state index contributed by atoms with van der Waals surface area (Å²) in [4.78, 5) is 30.2. The average molecular weight is 362 g/mol. The molecule has 0 bridgehead atoms. The van der Waals surface area contributed by atoms with Crippen molar-refractivity contribution in [1.82, 2.24) is 9.55 Å². The zero-order chi connectivity index (χ0) is 18.1. The molecular weight excluding hydrogens is 340 g/mol. The molecule has 1 aliphatic heterocycles. The third kappa shape index (κ3) is 2.24. The van der Waals surface area contributed by atoms with Gasteiger partial charge in [-0.05, 0) is 31.0 Å². The number of fused-ring (bicyclic) bond motifs is 5. The largest absolute Gasteiger partial charge is 0.377 e. The topological polar surface area (TPSA) is 72.2 Å². The van der Waals surface area contributed by atoms with Crippen LogP contribution in [0.4, 0.5) is 0 Å². The molecule has 3 heterocycles. The van der Waals surface area contributed by atoms with E-state index in [0.717, 1.165) is 22.2 Å². The molecule has 5 heteroatoms. The Bertz CT molecular complexity index is 1160. The number of hydrogen-bond donors (Lipinski definition) is 1. The third-order valence-electron chi connectivity index (χ3n) is 5.79. The number of ketones is 1. The summed E-state index contributed by atoms with van der Waals surface area (Å²) in [5.41, 5.74) is 2.67. The van der Waals surface area contributed by atoms with Crippen LogP contribution in [0.2, 0.25) is 0 Å². The highest BCUT2D eigenvalue weighted by atomic mass is 16.3. The van der Waals surface area contributed by atoms with Gasteiger partial charge in [-0.1, -0.05) is 32.5 Å². The standard InChI is InChI=1S/C21H18N2O3.CH4/c1-2-21(26)15-10-17-19-13(9-12-5-3-4-6-16(12)22-19)11-23(17)20(25)14(15)7-8-18(21)24;/h3-6,9-10,26H,2,7-8,11H2,1H3;1H4/t21-;/m0./s1. The minimum absolute atomic E-state index is 0. The number of rotatable bonds is 1. The van der Waals surface area contributed by atoms with Crippen molar-refractivity contribution in [3.8, 4) is 11.4 Å². The maximum absolute atomic E-state index is 13.1. The number of para-hydroxylation sites is 1. The molecule has 0 saturated carbocycles. The molecule has 1 N–H and O–H groups in total. The fraction of sp³-hybridized carbons (Fsp3) is 0.318. The molecule has 0 fully saturated rings. The Balaban J connectivity index is 0.00000180. The number of Topliss-reactive ketones (excluding diaryl/α,β-unsaturated/α-hetero) is 1. The zero-order valence-electron chi connectivity index (χ0n) is 14.5. The van der Waals surface area contributed by atoms with Crippen LogP contribution >= 0.6 is 0 Å². The number of pyridine rings is 2. The van der Waals surface area contributed by atoms with Crippen molar-refractivity contribution in [1.29, 1.82) is 0 Å². The summed E-state index contributed by atoms with van der Waals surface area (Å²) in [5.74, 6) is -0.207. The van der Waals surface area contributed by atoms with Crippen LogP contribution in [-0.2, 0) is 23.4 Å². The van der Waals surface area contributed by atoms with Crippen molar-refractivity contribution < 1.29 is 9.90 Å². The van der Waals surface area contributed by atoms with Gasteiger partial charge in [0.1, 0.15) is 5.60 Å². The molecule has 1 aromatic carbocycles. The maximum atomic E-state index is 13.1. The summed E-state index contributed by atoms with van der Waals surface area (Å²) in [6, 6.07) is 11.7. The number of hydrogen-bond acceptors (Lipinski definition) is 4. The Labute approximate surface area is 157 Å². The highest BCUT2D eigenvalue weighted by Gasteiger charge is 2.43. The van der Waals surface area contributed by atoms with Gasteiger partial charge in [-0.15, -0.1) is 0 Å². The summed E-state index contributed by atoms with van der Waals surface area (Å²) >= 11 is 0. The predicted octanol–water partition coefficient (Wildman–Crippen LogP) is 3.17. The lowest BCUT2D eigenvalue weighted by molar-refractivity contribution is -0.140. The van der Waals surface area contributed by atoms with Crippen LogP contribution in [-0.4, -0.2) is 20.4 Å². The quantitative estimate of drug-likeness (QED) is 0.564. The minimum atomic E-state index is -1.57. The lowest BCUT2D eigenvalue weighted by Gasteiger charge is -2.32. The van der Waals surface area contributed by atoms with Gasteiger partial charge in [0.15, 0.2) is 5.78 Å². The number of nitrogens with zero attached hydrogens (tertiary/aromatic N) is 2. The number of carbonyl (C=O) groups excluding carboxylic acids is 1. The number of aliphatic hydroxyl groups is 1. The van der Waals surface area contributed by atoms with E-state index in [1.165, 1.54) is 0 Å². The monoisotopic (exact) mass is 362 g/mol. The van der Waals surface area contributed by atoms with Crippen LogP contribution in [0.5, 0.6) is 0 Å². The molecule has 27 heavy (non-hydrogen) atoms. The van der Waals surface area contributed by atoms with Gasteiger partial charge in [0.2, 0.25) is 0 Å². The molecule has 0 saturated heterocycles. The molecule has 0 unspecified atom stereocenters. The van der Waals surface area contributed by atoms with Crippen molar-refractivity contribution in [2.75, 3.05) is 0 Å². The molecule has 1 atom stereocenters. The lowest BCUT2D eigenvalue weighted by atomic mass is 9.77. The maximum Gasteiger partial charge on any atom is 0.254 e. The molecule has 3 aromatic rings. The van der Waals surface area contributed by atoms with Gasteiger partial charge >= 0.3 is 0 Å². The second kappa shape index (κ2) is 5.86. The molecule has 0 radical (unpaired) electrons. The summed E-state index contributed by atoms with van der Waals surface area (Å²) < 4.78 is 1.72. The van der Waals surface area contributed by atoms with Crippen molar-refractivity contribution >= 4 is 16.7 Å². The molecular formula is C22H22N2O3. The van der Waals surface area contributed by atoms with E-state index in [4.69, 9.17) is 4.98 Å². The smallest absolute Gasteiger partial charge is 0.254 e. The van der Waals surface area contributed by atoms with Crippen LogP contribution in [0.25, 0.3) is 22.3 Å². The second-order valence-electron chi connectivity index (χ2n) is 7.14. The van der Waals surface area contributed by atoms with Crippen LogP contribution < -0.4 is 5.56 Å². The van der Waals surface area contributed by atoms with Gasteiger partial charge < -0.3 is 9.67 Å². The van der Waals surface area contributed by atoms with Crippen LogP contribution in [0.3, 0.4) is 0 Å². The van der Waals surface area contributed by atoms with E-state index in [2.05, 4.69) is 6.07 Å². The van der Waals surface area contributed by atoms with Gasteiger partial charge in [0.25, 0.3) is 5.56 Å². The van der Waals surface area contributed by atoms with Gasteiger partial charge in [0.05, 0.1) is 23.4 Å². The van der Waals surface area contributed by atoms with E-state index < -0.39 is 5.60 Å². The van der Waals surface area contributed by atoms with E-state index in [9.17, 15) is 14.7 Å². The fourth-order valence-corrected chi connectivity index (χ4v) is 4.31. The summed E-state index contributed by atoms with van der Waals surface area (Å²) in [6.45, 7) is 2.25. The molecule has 138 valence electrons. The zero-order valence-corrected chi connectivity index (χ0v) is 14.5. The Morgan fingerprint density at radius 3 is 2.74 bits per heavy atom. The lowest BCUT2D eigenvalue weighted by Crippen LogP contribution is -2.43. The Kier molecular flexibility index (Phi) is 3.82. The first kappa shape index (κ1) is 17.6. The van der Waals surface area contributed by atoms with Crippen molar-refractivity contribution in [3.63, 3.8) is 0 Å². The molecule has 0 spiro atoms. The van der Waals surface area contributed by atoms with E-state index >= 15 is 0 Å². The van der Waals surface area contributed by atoms with Crippen LogP contribution in [0.1, 0.15) is 43.9 Å². The minimum Gasteiger partial charge on any atom is -0.377 e. The first-order valence-electron chi connectivity index (χ1n) is 8.95. The molecule has 5 nitrogen and oxygen atoms in total. The van der Waals surface area contributed by atoms with E-state index in [0.29, 0.717) is 29.8 Å². The highest BCUT2D eigenvalue weighted by molar-refractivity contribution is 5.91. The number of carbonyl (C=O) groups is 1. The average Bonchev–Trinajstić information content (AvgIpc) is 3.01. The Morgan fingerprint density at radius 2 is 1.96 bits per heavy atom. The first-order chi connectivity index (χ1) is 12.5. The molecule has 2 aromatic heterocycles. The SMILES string of the molecule is C.CC[C@@]1(O)C(=O)CCc2c1cc1n(c2=O)Cc2cc3ccccc3nc2-1. The predicted molar refractivity (Wildman–Crippen MR) is 105 cm³/mol. The van der Waals surface area contributed by atoms with Gasteiger partial charge in [-0.3, -0.25) is 9.59 Å². The fourth-order valence-electron chi connectivity index (χ4n) is 4.31. The summed E-state index contributed by atoms with van der Waals surface area (Å²) in [6.07, 6.45) is 0.863. The first-order valence-corrected chi connectivity index (χ1v) is 8.95. The molecule has 1 aliphatic carbocycles.